The van der Waals surface area contributed by atoms with Gasteiger partial charge >= 0.3 is 0 Å². The molecule has 0 bridgehead atoms. The highest BCUT2D eigenvalue weighted by Crippen LogP contribution is 2.20. The molecule has 0 saturated heterocycles. The monoisotopic (exact) mass is 277 g/mol. The van der Waals surface area contributed by atoms with Crippen LogP contribution in [-0.4, -0.2) is 37.9 Å². The maximum atomic E-state index is 6.11. The van der Waals surface area contributed by atoms with Gasteiger partial charge in [0.15, 0.2) is 0 Å². The van der Waals surface area contributed by atoms with Gasteiger partial charge in [-0.1, -0.05) is 0 Å². The topological polar surface area (TPSA) is 57.2 Å². The first kappa shape index (κ1) is 12.1. The summed E-state index contributed by atoms with van der Waals surface area (Å²) in [6.07, 6.45) is 7.13. The fraction of sp³-hybridized carbons (Fsp3) is 0.250. The number of rotatable bonds is 4. The van der Waals surface area contributed by atoms with Gasteiger partial charge in [-0.15, -0.1) is 0 Å². The van der Waals surface area contributed by atoms with Crippen LogP contribution in [0.15, 0.2) is 30.9 Å². The van der Waals surface area contributed by atoms with Gasteiger partial charge in [0.25, 0.3) is 0 Å². The first-order valence-electron chi connectivity index (χ1n) is 5.79. The lowest BCUT2D eigenvalue weighted by molar-refractivity contribution is 0.183. The zero-order valence-electron chi connectivity index (χ0n) is 10.3. The van der Waals surface area contributed by atoms with Gasteiger partial charge in [0.2, 0.25) is 5.28 Å². The summed E-state index contributed by atoms with van der Waals surface area (Å²) < 4.78 is 8.55. The summed E-state index contributed by atoms with van der Waals surface area (Å²) in [5.41, 5.74) is 2.43. The van der Waals surface area contributed by atoms with Crippen molar-refractivity contribution in [2.45, 2.75) is 6.54 Å². The SMILES string of the molecule is COCCn1cc(-c2cc3nccn3c(Cl)n2)cn1. The van der Waals surface area contributed by atoms with E-state index < -0.39 is 0 Å². The number of nitrogens with zero attached hydrogens (tertiary/aromatic N) is 5. The van der Waals surface area contributed by atoms with Crippen LogP contribution in [0.5, 0.6) is 0 Å². The third-order valence-corrected chi connectivity index (χ3v) is 3.07. The lowest BCUT2D eigenvalue weighted by atomic mass is 10.2. The Hall–Kier alpha value is -1.92. The van der Waals surface area contributed by atoms with Crippen molar-refractivity contribution >= 4 is 17.2 Å². The highest BCUT2D eigenvalue weighted by Gasteiger charge is 2.08. The Morgan fingerprint density at radius 3 is 3.16 bits per heavy atom. The fourth-order valence-electron chi connectivity index (χ4n) is 1.84. The van der Waals surface area contributed by atoms with Gasteiger partial charge in [0.1, 0.15) is 5.65 Å². The van der Waals surface area contributed by atoms with E-state index in [-0.39, 0.29) is 0 Å². The van der Waals surface area contributed by atoms with Crippen LogP contribution in [0.1, 0.15) is 0 Å². The quantitative estimate of drug-likeness (QED) is 0.684. The van der Waals surface area contributed by atoms with E-state index in [1.165, 1.54) is 0 Å². The Morgan fingerprint density at radius 2 is 2.32 bits per heavy atom. The van der Waals surface area contributed by atoms with Gasteiger partial charge < -0.3 is 4.74 Å². The Morgan fingerprint density at radius 1 is 1.42 bits per heavy atom. The molecular formula is C12H12ClN5O. The van der Waals surface area contributed by atoms with E-state index >= 15 is 0 Å². The smallest absolute Gasteiger partial charge is 0.209 e. The molecule has 0 unspecified atom stereocenters. The van der Waals surface area contributed by atoms with E-state index in [0.29, 0.717) is 18.4 Å². The predicted molar refractivity (Wildman–Crippen MR) is 71.1 cm³/mol. The number of aromatic nitrogens is 5. The maximum Gasteiger partial charge on any atom is 0.209 e. The van der Waals surface area contributed by atoms with Crippen molar-refractivity contribution in [1.29, 1.82) is 0 Å². The standard InChI is InChI=1S/C12H12ClN5O/c1-19-5-4-17-8-9(7-15-17)10-6-11-14-2-3-18(11)12(13)16-10/h2-3,6-8H,4-5H2,1H3. The van der Waals surface area contributed by atoms with Gasteiger partial charge in [-0.05, 0) is 11.6 Å². The molecule has 3 rings (SSSR count). The van der Waals surface area contributed by atoms with Gasteiger partial charge in [-0.2, -0.15) is 5.10 Å². The third-order valence-electron chi connectivity index (χ3n) is 2.80. The molecule has 0 aliphatic heterocycles. The molecule has 0 saturated carbocycles. The number of imidazole rings is 1. The summed E-state index contributed by atoms with van der Waals surface area (Å²) in [4.78, 5) is 8.55. The van der Waals surface area contributed by atoms with Crippen molar-refractivity contribution in [2.24, 2.45) is 0 Å². The van der Waals surface area contributed by atoms with E-state index in [0.717, 1.165) is 16.9 Å². The number of methoxy groups -OCH3 is 1. The first-order valence-corrected chi connectivity index (χ1v) is 6.17. The Balaban J connectivity index is 1.96. The minimum Gasteiger partial charge on any atom is -0.383 e. The molecule has 3 aromatic rings. The number of fused-ring (bicyclic) bond motifs is 1. The first-order chi connectivity index (χ1) is 9.28. The summed E-state index contributed by atoms with van der Waals surface area (Å²) >= 11 is 6.11. The Labute approximate surface area is 114 Å². The van der Waals surface area contributed by atoms with Crippen LogP contribution in [0, 0.1) is 0 Å². The fourth-order valence-corrected chi connectivity index (χ4v) is 2.07. The molecule has 7 heteroatoms. The molecular weight excluding hydrogens is 266 g/mol. The van der Waals surface area contributed by atoms with E-state index in [4.69, 9.17) is 16.3 Å². The average molecular weight is 278 g/mol. The zero-order chi connectivity index (χ0) is 13.2. The Kier molecular flexibility index (Phi) is 3.18. The minimum atomic E-state index is 0.384. The van der Waals surface area contributed by atoms with Gasteiger partial charge in [-0.3, -0.25) is 9.08 Å². The van der Waals surface area contributed by atoms with E-state index in [1.54, 1.807) is 30.1 Å². The summed E-state index contributed by atoms with van der Waals surface area (Å²) in [7, 11) is 1.66. The second kappa shape index (κ2) is 4.99. The second-order valence-corrected chi connectivity index (χ2v) is 4.39. The normalized spacial score (nSPS) is 11.3. The predicted octanol–water partition coefficient (Wildman–Crippen LogP) is 1.89. The average Bonchev–Trinajstić information content (AvgIpc) is 3.05. The highest BCUT2D eigenvalue weighted by atomic mass is 35.5. The molecule has 0 aliphatic rings. The molecule has 0 aromatic carbocycles. The molecule has 0 spiro atoms. The number of ether oxygens (including phenoxy) is 1. The van der Waals surface area contributed by atoms with E-state index in [9.17, 15) is 0 Å². The van der Waals surface area contributed by atoms with Crippen molar-refractivity contribution in [1.82, 2.24) is 24.1 Å². The van der Waals surface area contributed by atoms with Gasteiger partial charge in [0.05, 0.1) is 25.0 Å². The summed E-state index contributed by atoms with van der Waals surface area (Å²) in [5.74, 6) is 0. The number of halogens is 1. The lowest BCUT2D eigenvalue weighted by Gasteiger charge is -2.01. The molecule has 0 radical (unpaired) electrons. The number of hydrogen-bond acceptors (Lipinski definition) is 4. The Bertz CT molecular complexity index is 705. The third kappa shape index (κ3) is 2.32. The zero-order valence-corrected chi connectivity index (χ0v) is 11.1. The van der Waals surface area contributed by atoms with E-state index in [1.807, 2.05) is 16.9 Å². The molecule has 0 atom stereocenters. The van der Waals surface area contributed by atoms with Crippen LogP contribution in [-0.2, 0) is 11.3 Å². The molecule has 0 amide bonds. The van der Waals surface area contributed by atoms with Crippen molar-refractivity contribution < 1.29 is 4.74 Å². The van der Waals surface area contributed by atoms with Gasteiger partial charge in [0, 0.05) is 37.3 Å². The molecule has 0 N–H and O–H groups in total. The van der Waals surface area contributed by atoms with Crippen LogP contribution in [0.3, 0.4) is 0 Å². The molecule has 3 aromatic heterocycles. The van der Waals surface area contributed by atoms with Crippen LogP contribution >= 0.6 is 11.6 Å². The van der Waals surface area contributed by atoms with Crippen molar-refractivity contribution in [2.75, 3.05) is 13.7 Å². The van der Waals surface area contributed by atoms with Crippen LogP contribution in [0.2, 0.25) is 5.28 Å². The largest absolute Gasteiger partial charge is 0.383 e. The van der Waals surface area contributed by atoms with E-state index in [2.05, 4.69) is 15.1 Å². The van der Waals surface area contributed by atoms with Crippen molar-refractivity contribution in [3.8, 4) is 11.3 Å². The molecule has 0 aliphatic carbocycles. The van der Waals surface area contributed by atoms with Crippen molar-refractivity contribution in [3.63, 3.8) is 0 Å². The van der Waals surface area contributed by atoms with Crippen LogP contribution in [0.4, 0.5) is 0 Å². The lowest BCUT2D eigenvalue weighted by Crippen LogP contribution is -2.03. The molecule has 19 heavy (non-hydrogen) atoms. The highest BCUT2D eigenvalue weighted by molar-refractivity contribution is 6.28. The molecule has 6 nitrogen and oxygen atoms in total. The summed E-state index contributed by atoms with van der Waals surface area (Å²) in [5, 5.41) is 4.64. The van der Waals surface area contributed by atoms with Crippen LogP contribution in [0.25, 0.3) is 16.9 Å². The minimum absolute atomic E-state index is 0.384. The summed E-state index contributed by atoms with van der Waals surface area (Å²) in [6.45, 7) is 1.32. The van der Waals surface area contributed by atoms with Gasteiger partial charge in [-0.25, -0.2) is 9.97 Å². The maximum absolute atomic E-state index is 6.11. The molecule has 3 heterocycles. The van der Waals surface area contributed by atoms with Crippen LogP contribution < -0.4 is 0 Å². The molecule has 0 fully saturated rings. The summed E-state index contributed by atoms with van der Waals surface area (Å²) in [6, 6.07) is 1.88. The molecule has 98 valence electrons. The second-order valence-electron chi connectivity index (χ2n) is 4.05. The van der Waals surface area contributed by atoms with Crippen molar-refractivity contribution in [3.05, 3.63) is 36.1 Å². The number of hydrogen-bond donors (Lipinski definition) is 0.